The number of carbonyl (C=O) groups is 1. The van der Waals surface area contributed by atoms with Crippen LogP contribution >= 0.6 is 24.2 Å². The number of thioether (sulfide) groups is 1. The lowest BCUT2D eigenvalue weighted by atomic mass is 10.2. The van der Waals surface area contributed by atoms with Crippen LogP contribution in [0.1, 0.15) is 16.1 Å². The Morgan fingerprint density at radius 1 is 1.18 bits per heavy atom. The van der Waals surface area contributed by atoms with Crippen molar-refractivity contribution in [3.05, 3.63) is 54.0 Å². The smallest absolute Gasteiger partial charge is 0.289 e. The summed E-state index contributed by atoms with van der Waals surface area (Å²) in [7, 11) is 0. The third-order valence-corrected chi connectivity index (χ3v) is 4.54. The third-order valence-electron chi connectivity index (χ3n) is 3.48. The highest BCUT2D eigenvalue weighted by Gasteiger charge is 2.23. The van der Waals surface area contributed by atoms with Crippen LogP contribution in [0.25, 0.3) is 0 Å². The molecule has 0 spiro atoms. The molecule has 0 aliphatic carbocycles. The molecule has 1 amide bonds. The van der Waals surface area contributed by atoms with Crippen LogP contribution < -0.4 is 5.32 Å². The SMILES string of the molecule is Cl.O=C(c1occc1CSc1ccccc1)N1CCNCC1. The van der Waals surface area contributed by atoms with Crippen LogP contribution in [0.2, 0.25) is 0 Å². The number of benzene rings is 1. The van der Waals surface area contributed by atoms with Crippen molar-refractivity contribution in [2.75, 3.05) is 26.2 Å². The quantitative estimate of drug-likeness (QED) is 0.870. The Morgan fingerprint density at radius 3 is 2.64 bits per heavy atom. The van der Waals surface area contributed by atoms with Crippen molar-refractivity contribution < 1.29 is 9.21 Å². The number of nitrogens with zero attached hydrogens (tertiary/aromatic N) is 1. The molecular formula is C16H19ClN2O2S. The summed E-state index contributed by atoms with van der Waals surface area (Å²) in [5.41, 5.74) is 0.965. The van der Waals surface area contributed by atoms with Gasteiger partial charge in [-0.1, -0.05) is 18.2 Å². The number of hydrogen-bond donors (Lipinski definition) is 1. The fourth-order valence-corrected chi connectivity index (χ4v) is 3.23. The van der Waals surface area contributed by atoms with Crippen molar-refractivity contribution in [1.29, 1.82) is 0 Å². The second-order valence-electron chi connectivity index (χ2n) is 4.92. The van der Waals surface area contributed by atoms with Crippen molar-refractivity contribution in [3.63, 3.8) is 0 Å². The molecule has 22 heavy (non-hydrogen) atoms. The topological polar surface area (TPSA) is 45.5 Å². The number of amides is 1. The number of nitrogens with one attached hydrogen (secondary N) is 1. The van der Waals surface area contributed by atoms with Crippen molar-refractivity contribution in [1.82, 2.24) is 10.2 Å². The first kappa shape index (κ1) is 16.9. The van der Waals surface area contributed by atoms with Crippen molar-refractivity contribution in [2.24, 2.45) is 0 Å². The molecule has 1 N–H and O–H groups in total. The van der Waals surface area contributed by atoms with Gasteiger partial charge in [-0.15, -0.1) is 24.2 Å². The Bertz CT molecular complexity index is 597. The highest BCUT2D eigenvalue weighted by atomic mass is 35.5. The predicted octanol–water partition coefficient (Wildman–Crippen LogP) is 3.04. The van der Waals surface area contributed by atoms with Crippen LogP contribution in [0, 0.1) is 0 Å². The van der Waals surface area contributed by atoms with Gasteiger partial charge < -0.3 is 14.6 Å². The van der Waals surface area contributed by atoms with E-state index in [4.69, 9.17) is 4.42 Å². The molecule has 0 radical (unpaired) electrons. The molecule has 1 saturated heterocycles. The summed E-state index contributed by atoms with van der Waals surface area (Å²) >= 11 is 1.71. The number of halogens is 1. The highest BCUT2D eigenvalue weighted by molar-refractivity contribution is 7.98. The molecule has 0 atom stereocenters. The zero-order valence-electron chi connectivity index (χ0n) is 12.2. The molecule has 1 fully saturated rings. The van der Waals surface area contributed by atoms with E-state index in [1.165, 1.54) is 4.90 Å². The molecule has 0 saturated carbocycles. The Balaban J connectivity index is 0.00000176. The third kappa shape index (κ3) is 4.06. The van der Waals surface area contributed by atoms with Crippen LogP contribution in [0.15, 0.2) is 52.0 Å². The molecular weight excluding hydrogens is 320 g/mol. The molecule has 0 bridgehead atoms. The van der Waals surface area contributed by atoms with Crippen LogP contribution in [0.4, 0.5) is 0 Å². The number of carbonyl (C=O) groups excluding carboxylic acids is 1. The largest absolute Gasteiger partial charge is 0.459 e. The maximum absolute atomic E-state index is 12.5. The minimum Gasteiger partial charge on any atom is -0.459 e. The van der Waals surface area contributed by atoms with Crippen molar-refractivity contribution in [2.45, 2.75) is 10.6 Å². The first-order valence-corrected chi connectivity index (χ1v) is 8.07. The molecule has 4 nitrogen and oxygen atoms in total. The summed E-state index contributed by atoms with van der Waals surface area (Å²) in [4.78, 5) is 15.5. The molecule has 3 rings (SSSR count). The van der Waals surface area contributed by atoms with Crippen LogP contribution in [0.5, 0.6) is 0 Å². The average molecular weight is 339 g/mol. The summed E-state index contributed by atoms with van der Waals surface area (Å²) in [6, 6.07) is 12.1. The molecule has 2 aromatic rings. The first-order chi connectivity index (χ1) is 10.3. The van der Waals surface area contributed by atoms with Gasteiger partial charge in [-0.2, -0.15) is 0 Å². The monoisotopic (exact) mass is 338 g/mol. The number of hydrogen-bond acceptors (Lipinski definition) is 4. The van der Waals surface area contributed by atoms with E-state index in [1.807, 2.05) is 29.2 Å². The maximum Gasteiger partial charge on any atom is 0.289 e. The van der Waals surface area contributed by atoms with Gasteiger partial charge in [-0.25, -0.2) is 0 Å². The molecule has 1 aliphatic heterocycles. The van der Waals surface area contributed by atoms with Crippen molar-refractivity contribution >= 4 is 30.1 Å². The van der Waals surface area contributed by atoms with E-state index in [2.05, 4.69) is 17.4 Å². The van der Waals surface area contributed by atoms with Crippen LogP contribution in [-0.2, 0) is 5.75 Å². The second-order valence-corrected chi connectivity index (χ2v) is 5.97. The summed E-state index contributed by atoms with van der Waals surface area (Å²) in [6.07, 6.45) is 1.61. The zero-order valence-corrected chi connectivity index (χ0v) is 13.8. The summed E-state index contributed by atoms with van der Waals surface area (Å²) in [5.74, 6) is 1.23. The van der Waals surface area contributed by atoms with Gasteiger partial charge in [-0.05, 0) is 18.2 Å². The summed E-state index contributed by atoms with van der Waals surface area (Å²) in [5, 5.41) is 3.25. The van der Waals surface area contributed by atoms with Crippen molar-refractivity contribution in [3.8, 4) is 0 Å². The molecule has 1 aromatic carbocycles. The second kappa shape index (κ2) is 8.27. The minimum atomic E-state index is 0. The minimum absolute atomic E-state index is 0. The molecule has 0 unspecified atom stereocenters. The van der Waals surface area contributed by atoms with Gasteiger partial charge in [0.05, 0.1) is 6.26 Å². The van der Waals surface area contributed by atoms with E-state index in [1.54, 1.807) is 18.0 Å². The Labute approximate surface area is 140 Å². The molecule has 1 aromatic heterocycles. The first-order valence-electron chi connectivity index (χ1n) is 7.09. The predicted molar refractivity (Wildman–Crippen MR) is 90.7 cm³/mol. The lowest BCUT2D eigenvalue weighted by Gasteiger charge is -2.26. The van der Waals surface area contributed by atoms with Crippen LogP contribution in [-0.4, -0.2) is 37.0 Å². The zero-order chi connectivity index (χ0) is 14.5. The standard InChI is InChI=1S/C16H18N2O2S.ClH/c19-16(18-9-7-17-8-10-18)15-13(6-11-20-15)12-21-14-4-2-1-3-5-14;/h1-6,11,17H,7-10,12H2;1H. The lowest BCUT2D eigenvalue weighted by molar-refractivity contribution is 0.0702. The number of piperazine rings is 1. The van der Waals surface area contributed by atoms with E-state index >= 15 is 0 Å². The normalized spacial score (nSPS) is 14.5. The summed E-state index contributed by atoms with van der Waals surface area (Å²) in [6.45, 7) is 3.18. The van der Waals surface area contributed by atoms with E-state index in [0.29, 0.717) is 5.76 Å². The molecule has 1 aliphatic rings. The molecule has 6 heteroatoms. The van der Waals surface area contributed by atoms with E-state index < -0.39 is 0 Å². The van der Waals surface area contributed by atoms with Gasteiger partial charge in [0.2, 0.25) is 0 Å². The van der Waals surface area contributed by atoms with Gasteiger partial charge in [0, 0.05) is 42.4 Å². The van der Waals surface area contributed by atoms with E-state index in [9.17, 15) is 4.79 Å². The maximum atomic E-state index is 12.5. The fraction of sp³-hybridized carbons (Fsp3) is 0.312. The van der Waals surface area contributed by atoms with Crippen LogP contribution in [0.3, 0.4) is 0 Å². The Kier molecular flexibility index (Phi) is 6.36. The van der Waals surface area contributed by atoms with Gasteiger partial charge in [0.15, 0.2) is 5.76 Å². The van der Waals surface area contributed by atoms with Gasteiger partial charge in [0.1, 0.15) is 0 Å². The average Bonchev–Trinajstić information content (AvgIpc) is 3.02. The highest BCUT2D eigenvalue weighted by Crippen LogP contribution is 2.25. The lowest BCUT2D eigenvalue weighted by Crippen LogP contribution is -2.46. The van der Waals surface area contributed by atoms with Gasteiger partial charge >= 0.3 is 0 Å². The number of rotatable bonds is 4. The van der Waals surface area contributed by atoms with Gasteiger partial charge in [-0.3, -0.25) is 4.79 Å². The Hall–Kier alpha value is -1.43. The van der Waals surface area contributed by atoms with Gasteiger partial charge in [0.25, 0.3) is 5.91 Å². The number of furan rings is 1. The van der Waals surface area contributed by atoms with E-state index in [-0.39, 0.29) is 18.3 Å². The fourth-order valence-electron chi connectivity index (χ4n) is 2.33. The Morgan fingerprint density at radius 2 is 1.91 bits per heavy atom. The molecule has 118 valence electrons. The van der Waals surface area contributed by atoms with E-state index in [0.717, 1.165) is 37.5 Å². The molecule has 2 heterocycles. The summed E-state index contributed by atoms with van der Waals surface area (Å²) < 4.78 is 5.44.